The molecule has 0 heterocycles. The highest BCUT2D eigenvalue weighted by atomic mass is 16.6. The fourth-order valence-corrected chi connectivity index (χ4v) is 2.25. The van der Waals surface area contributed by atoms with Crippen LogP contribution in [0.1, 0.15) is 15.9 Å². The second-order valence-electron chi connectivity index (χ2n) is 5.68. The highest BCUT2D eigenvalue weighted by Gasteiger charge is 2.15. The van der Waals surface area contributed by atoms with E-state index in [4.69, 9.17) is 15.2 Å². The van der Waals surface area contributed by atoms with Crippen molar-refractivity contribution in [3.05, 3.63) is 63.7 Å². The summed E-state index contributed by atoms with van der Waals surface area (Å²) in [6.45, 7) is -0.353. The lowest BCUT2D eigenvalue weighted by molar-refractivity contribution is -0.384. The van der Waals surface area contributed by atoms with Crippen molar-refractivity contribution in [2.45, 2.75) is 6.54 Å². The van der Waals surface area contributed by atoms with Crippen LogP contribution >= 0.6 is 0 Å². The molecule has 0 saturated carbocycles. The number of carbonyl (C=O) groups excluding carboxylic acids is 3. The van der Waals surface area contributed by atoms with Crippen LogP contribution in [0.3, 0.4) is 0 Å². The van der Waals surface area contributed by atoms with Crippen molar-refractivity contribution in [3.8, 4) is 5.75 Å². The zero-order chi connectivity index (χ0) is 21.4. The monoisotopic (exact) mass is 402 g/mol. The Morgan fingerprint density at radius 2 is 1.83 bits per heavy atom. The zero-order valence-corrected chi connectivity index (χ0v) is 15.3. The van der Waals surface area contributed by atoms with Crippen molar-refractivity contribution in [3.63, 3.8) is 0 Å². The van der Waals surface area contributed by atoms with E-state index in [1.54, 1.807) is 12.1 Å². The van der Waals surface area contributed by atoms with Crippen LogP contribution in [-0.2, 0) is 16.1 Å². The average Bonchev–Trinajstić information content (AvgIpc) is 2.70. The van der Waals surface area contributed by atoms with E-state index in [0.29, 0.717) is 0 Å². The van der Waals surface area contributed by atoms with Gasteiger partial charge in [-0.25, -0.2) is 9.59 Å². The maximum Gasteiger partial charge on any atom is 0.338 e. The van der Waals surface area contributed by atoms with Gasteiger partial charge in [0.2, 0.25) is 0 Å². The maximum absolute atomic E-state index is 12.0. The molecule has 0 bridgehead atoms. The second kappa shape index (κ2) is 9.69. The Labute approximate surface area is 164 Å². The van der Waals surface area contributed by atoms with Gasteiger partial charge in [0.05, 0.1) is 29.4 Å². The molecule has 3 amide bonds. The summed E-state index contributed by atoms with van der Waals surface area (Å²) in [5.74, 6) is -1.27. The Kier molecular flexibility index (Phi) is 7.07. The van der Waals surface area contributed by atoms with Crippen molar-refractivity contribution in [2.75, 3.05) is 19.0 Å². The molecule has 2 rings (SSSR count). The Balaban J connectivity index is 1.91. The molecule has 2 aromatic carbocycles. The van der Waals surface area contributed by atoms with Crippen LogP contribution < -0.4 is 21.1 Å². The van der Waals surface area contributed by atoms with Gasteiger partial charge in [0.15, 0.2) is 6.61 Å². The third kappa shape index (κ3) is 6.20. The number of methoxy groups -OCH3 is 1. The van der Waals surface area contributed by atoms with Gasteiger partial charge < -0.3 is 25.8 Å². The molecule has 0 saturated heterocycles. The third-order valence-electron chi connectivity index (χ3n) is 3.66. The molecule has 29 heavy (non-hydrogen) atoms. The smallest absolute Gasteiger partial charge is 0.338 e. The minimum absolute atomic E-state index is 0.0963. The summed E-state index contributed by atoms with van der Waals surface area (Å²) in [7, 11) is 1.30. The Morgan fingerprint density at radius 3 is 2.41 bits per heavy atom. The number of hydrogen-bond donors (Lipinski definition) is 3. The molecule has 11 nitrogen and oxygen atoms in total. The highest BCUT2D eigenvalue weighted by Crippen LogP contribution is 2.28. The first-order chi connectivity index (χ1) is 13.8. The number of esters is 1. The van der Waals surface area contributed by atoms with Gasteiger partial charge in [-0.2, -0.15) is 0 Å². The molecule has 0 aliphatic carbocycles. The van der Waals surface area contributed by atoms with E-state index in [-0.39, 0.29) is 29.2 Å². The fourth-order valence-electron chi connectivity index (χ4n) is 2.25. The largest absolute Gasteiger partial charge is 0.494 e. The van der Waals surface area contributed by atoms with E-state index in [1.807, 2.05) is 0 Å². The zero-order valence-electron chi connectivity index (χ0n) is 15.3. The number of benzene rings is 2. The Bertz CT molecular complexity index is 928. The van der Waals surface area contributed by atoms with Gasteiger partial charge in [-0.05, 0) is 23.8 Å². The quantitative estimate of drug-likeness (QED) is 0.343. The van der Waals surface area contributed by atoms with E-state index >= 15 is 0 Å². The Morgan fingerprint density at radius 1 is 1.14 bits per heavy atom. The van der Waals surface area contributed by atoms with Crippen LogP contribution in [0.25, 0.3) is 0 Å². The van der Waals surface area contributed by atoms with Crippen LogP contribution in [0, 0.1) is 10.1 Å². The van der Waals surface area contributed by atoms with E-state index in [9.17, 15) is 24.5 Å². The molecule has 0 fully saturated rings. The van der Waals surface area contributed by atoms with E-state index in [1.165, 1.54) is 31.4 Å². The van der Waals surface area contributed by atoms with Crippen molar-refractivity contribution in [1.29, 1.82) is 0 Å². The Hall–Kier alpha value is -4.15. The number of carbonyl (C=O) groups is 3. The number of rotatable bonds is 8. The van der Waals surface area contributed by atoms with E-state index in [0.717, 1.165) is 11.6 Å². The van der Waals surface area contributed by atoms with Gasteiger partial charge in [0.1, 0.15) is 5.75 Å². The minimum atomic E-state index is -0.717. The molecule has 152 valence electrons. The van der Waals surface area contributed by atoms with Gasteiger partial charge in [-0.15, -0.1) is 0 Å². The first-order valence-electron chi connectivity index (χ1n) is 8.22. The maximum atomic E-state index is 12.0. The SMILES string of the molecule is COc1cc([N+](=O)[O-])ccc1NC(=O)COC(=O)c1ccc(CNC(N)=O)cc1. The summed E-state index contributed by atoms with van der Waals surface area (Å²) in [4.78, 5) is 44.9. The molecule has 0 aliphatic heterocycles. The summed E-state index contributed by atoms with van der Waals surface area (Å²) in [6, 6.07) is 9.20. The number of anilines is 1. The van der Waals surface area contributed by atoms with Crippen LogP contribution in [0.4, 0.5) is 16.2 Å². The molecule has 0 aromatic heterocycles. The van der Waals surface area contributed by atoms with Gasteiger partial charge in [-0.3, -0.25) is 14.9 Å². The number of amides is 3. The van der Waals surface area contributed by atoms with Crippen molar-refractivity contribution < 1.29 is 28.8 Å². The molecule has 0 spiro atoms. The third-order valence-corrected chi connectivity index (χ3v) is 3.66. The molecule has 0 aliphatic rings. The number of nitrogens with one attached hydrogen (secondary N) is 2. The first-order valence-corrected chi connectivity index (χ1v) is 8.22. The molecular weight excluding hydrogens is 384 g/mol. The standard InChI is InChI=1S/C18H18N4O7/c1-28-15-8-13(22(26)27)6-7-14(15)21-16(23)10-29-17(24)12-4-2-11(3-5-12)9-20-18(19)25/h2-8H,9-10H2,1H3,(H,21,23)(H3,19,20,25). The van der Waals surface area contributed by atoms with Gasteiger partial charge in [0, 0.05) is 12.6 Å². The summed E-state index contributed by atoms with van der Waals surface area (Å²) in [5, 5.41) is 15.7. The van der Waals surface area contributed by atoms with Crippen molar-refractivity contribution in [2.24, 2.45) is 5.73 Å². The number of non-ortho nitro benzene ring substituents is 1. The molecule has 0 unspecified atom stereocenters. The lowest BCUT2D eigenvalue weighted by Gasteiger charge is -2.10. The summed E-state index contributed by atoms with van der Waals surface area (Å²) >= 11 is 0. The van der Waals surface area contributed by atoms with E-state index < -0.39 is 29.4 Å². The molecule has 0 atom stereocenters. The average molecular weight is 402 g/mol. The lowest BCUT2D eigenvalue weighted by atomic mass is 10.1. The number of hydrogen-bond acceptors (Lipinski definition) is 7. The minimum Gasteiger partial charge on any atom is -0.494 e. The number of nitro groups is 1. The fraction of sp³-hybridized carbons (Fsp3) is 0.167. The summed E-state index contributed by atoms with van der Waals surface area (Å²) in [5.41, 5.74) is 5.93. The van der Waals surface area contributed by atoms with Gasteiger partial charge in [-0.1, -0.05) is 12.1 Å². The molecule has 11 heteroatoms. The lowest BCUT2D eigenvalue weighted by Crippen LogP contribution is -2.28. The normalized spacial score (nSPS) is 9.97. The molecular formula is C18H18N4O7. The second-order valence-corrected chi connectivity index (χ2v) is 5.68. The van der Waals surface area contributed by atoms with Crippen molar-refractivity contribution >= 4 is 29.3 Å². The summed E-state index contributed by atoms with van der Waals surface area (Å²) < 4.78 is 9.96. The molecule has 4 N–H and O–H groups in total. The number of nitro benzene ring substituents is 1. The number of nitrogens with two attached hydrogens (primary N) is 1. The predicted octanol–water partition coefficient (Wildman–Crippen LogP) is 1.57. The number of urea groups is 1. The number of primary amides is 1. The van der Waals surface area contributed by atoms with Gasteiger partial charge >= 0.3 is 12.0 Å². The first kappa shape index (κ1) is 21.2. The van der Waals surface area contributed by atoms with Crippen LogP contribution in [0.5, 0.6) is 5.75 Å². The number of nitrogens with zero attached hydrogens (tertiary/aromatic N) is 1. The van der Waals surface area contributed by atoms with Crippen LogP contribution in [-0.4, -0.2) is 36.5 Å². The van der Waals surface area contributed by atoms with Gasteiger partial charge in [0.25, 0.3) is 11.6 Å². The predicted molar refractivity (Wildman–Crippen MR) is 101 cm³/mol. The van der Waals surface area contributed by atoms with Crippen LogP contribution in [0.15, 0.2) is 42.5 Å². The number of ether oxygens (including phenoxy) is 2. The summed E-state index contributed by atoms with van der Waals surface area (Å²) in [6.07, 6.45) is 0. The van der Waals surface area contributed by atoms with Crippen molar-refractivity contribution in [1.82, 2.24) is 5.32 Å². The van der Waals surface area contributed by atoms with E-state index in [2.05, 4.69) is 10.6 Å². The molecule has 2 aromatic rings. The van der Waals surface area contributed by atoms with Crippen LogP contribution in [0.2, 0.25) is 0 Å². The highest BCUT2D eigenvalue weighted by molar-refractivity contribution is 5.96. The molecule has 0 radical (unpaired) electrons. The topological polar surface area (TPSA) is 163 Å².